The fourth-order valence-electron chi connectivity index (χ4n) is 5.66. The molecule has 2 aromatic heterocycles. The van der Waals surface area contributed by atoms with Crippen molar-refractivity contribution in [1.82, 2.24) is 15.3 Å². The highest BCUT2D eigenvalue weighted by atomic mass is 16.4. The van der Waals surface area contributed by atoms with Crippen LogP contribution in [-0.2, 0) is 29.0 Å². The minimum atomic E-state index is -1.16. The average molecular weight is 683 g/mol. The van der Waals surface area contributed by atoms with Crippen LogP contribution in [0.25, 0.3) is 11.1 Å². The normalized spacial score (nSPS) is 12.3. The van der Waals surface area contributed by atoms with E-state index in [1.54, 1.807) is 30.6 Å². The Hall–Kier alpha value is -5.30. The van der Waals surface area contributed by atoms with E-state index in [4.69, 9.17) is 5.11 Å². The van der Waals surface area contributed by atoms with Gasteiger partial charge < -0.3 is 25.7 Å². The molecule has 6 N–H and O–H groups in total. The highest BCUT2D eigenvalue weighted by molar-refractivity contribution is 6.04. The predicted molar refractivity (Wildman–Crippen MR) is 187 cm³/mol. The van der Waals surface area contributed by atoms with Crippen molar-refractivity contribution >= 4 is 29.3 Å². The number of aliphatic hydroxyl groups excluding tert-OH is 2. The summed E-state index contributed by atoms with van der Waals surface area (Å²) in [5, 5.41) is 42.6. The zero-order chi connectivity index (χ0) is 36.5. The molecule has 0 saturated carbocycles. The third-order valence-electron chi connectivity index (χ3n) is 8.98. The van der Waals surface area contributed by atoms with Gasteiger partial charge in [0.25, 0.3) is 5.91 Å². The SMILES string of the molecule is Cc1cc(C(=O)Nc2cccc(-c3cccc(CC(=O)c4cc(C)c(CN[C@H](CO)C(=O)O)cn4)c3C)c2C)ncc1CC[C@H](CO)C(=O)O. The number of hydrogen-bond acceptors (Lipinski definition) is 9. The number of nitrogens with one attached hydrogen (secondary N) is 2. The number of pyridine rings is 2. The van der Waals surface area contributed by atoms with Crippen molar-refractivity contribution in [2.24, 2.45) is 5.92 Å². The summed E-state index contributed by atoms with van der Waals surface area (Å²) in [6.07, 6.45) is 3.89. The number of aliphatic carboxylic acids is 2. The Balaban J connectivity index is 1.48. The summed E-state index contributed by atoms with van der Waals surface area (Å²) in [6.45, 7) is 6.69. The van der Waals surface area contributed by atoms with Crippen molar-refractivity contribution in [2.45, 2.75) is 59.5 Å². The molecule has 0 spiro atoms. The number of nitrogens with zero attached hydrogens (tertiary/aromatic N) is 2. The second-order valence-electron chi connectivity index (χ2n) is 12.3. The summed E-state index contributed by atoms with van der Waals surface area (Å²) in [4.78, 5) is 57.6. The number of ketones is 1. The van der Waals surface area contributed by atoms with E-state index < -0.39 is 43.0 Å². The van der Waals surface area contributed by atoms with Gasteiger partial charge in [0.1, 0.15) is 17.4 Å². The lowest BCUT2D eigenvalue weighted by Gasteiger charge is -2.17. The molecule has 0 bridgehead atoms. The lowest BCUT2D eigenvalue weighted by Crippen LogP contribution is -2.39. The fourth-order valence-corrected chi connectivity index (χ4v) is 5.66. The number of aliphatic hydroxyl groups is 2. The Kier molecular flexibility index (Phi) is 12.7. The van der Waals surface area contributed by atoms with Gasteiger partial charge in [-0.05, 0) is 109 Å². The highest BCUT2D eigenvalue weighted by Gasteiger charge is 2.20. The Labute approximate surface area is 290 Å². The first-order valence-electron chi connectivity index (χ1n) is 16.2. The van der Waals surface area contributed by atoms with Gasteiger partial charge in [0.05, 0.1) is 19.1 Å². The van der Waals surface area contributed by atoms with Gasteiger partial charge in [0.15, 0.2) is 5.78 Å². The number of carboxylic acid groups (broad SMARTS) is 2. The van der Waals surface area contributed by atoms with Crippen molar-refractivity contribution in [3.8, 4) is 11.1 Å². The molecule has 262 valence electrons. The molecule has 0 saturated heterocycles. The molecule has 0 fully saturated rings. The van der Waals surface area contributed by atoms with E-state index in [1.807, 2.05) is 58.0 Å². The number of hydrogen-bond donors (Lipinski definition) is 6. The van der Waals surface area contributed by atoms with Crippen molar-refractivity contribution in [3.05, 3.63) is 111 Å². The maximum atomic E-state index is 13.3. The fraction of sp³-hybridized carbons (Fsp3) is 0.316. The molecule has 0 radical (unpaired) electrons. The number of carbonyl (C=O) groups excluding carboxylic acids is 2. The van der Waals surface area contributed by atoms with Crippen LogP contribution < -0.4 is 10.6 Å². The molecule has 0 aliphatic heterocycles. The summed E-state index contributed by atoms with van der Waals surface area (Å²) in [7, 11) is 0. The van der Waals surface area contributed by atoms with Gasteiger partial charge in [-0.25, -0.2) is 0 Å². The van der Waals surface area contributed by atoms with Crippen molar-refractivity contribution in [3.63, 3.8) is 0 Å². The van der Waals surface area contributed by atoms with E-state index >= 15 is 0 Å². The van der Waals surface area contributed by atoms with Crippen molar-refractivity contribution in [2.75, 3.05) is 18.5 Å². The second kappa shape index (κ2) is 16.9. The summed E-state index contributed by atoms with van der Waals surface area (Å²) in [6, 6.07) is 13.6. The van der Waals surface area contributed by atoms with Gasteiger partial charge in [-0.3, -0.25) is 34.5 Å². The van der Waals surface area contributed by atoms with Crippen LogP contribution in [0.1, 0.15) is 66.3 Å². The summed E-state index contributed by atoms with van der Waals surface area (Å²) in [5.41, 5.74) is 8.56. The van der Waals surface area contributed by atoms with E-state index in [2.05, 4.69) is 20.6 Å². The van der Waals surface area contributed by atoms with Gasteiger partial charge in [-0.15, -0.1) is 0 Å². The summed E-state index contributed by atoms with van der Waals surface area (Å²) < 4.78 is 0. The molecular weight excluding hydrogens is 640 g/mol. The first kappa shape index (κ1) is 37.5. The number of carbonyl (C=O) groups is 4. The Bertz CT molecular complexity index is 1770. The number of aromatic nitrogens is 2. The Morgan fingerprint density at radius 2 is 1.36 bits per heavy atom. The average Bonchev–Trinajstić information content (AvgIpc) is 3.08. The molecular formula is C38H42N4O8. The lowest BCUT2D eigenvalue weighted by molar-refractivity contribution is -0.143. The largest absolute Gasteiger partial charge is 0.481 e. The first-order chi connectivity index (χ1) is 23.8. The van der Waals surface area contributed by atoms with E-state index in [-0.39, 0.29) is 30.9 Å². The van der Waals surface area contributed by atoms with E-state index in [0.29, 0.717) is 17.8 Å². The number of benzene rings is 2. The summed E-state index contributed by atoms with van der Waals surface area (Å²) in [5.74, 6) is -3.64. The molecule has 4 aromatic rings. The Morgan fingerprint density at radius 3 is 1.98 bits per heavy atom. The molecule has 4 rings (SSSR count). The molecule has 2 heterocycles. The number of amides is 1. The van der Waals surface area contributed by atoms with Gasteiger partial charge in [0, 0.05) is 31.0 Å². The zero-order valence-electron chi connectivity index (χ0n) is 28.5. The number of carboxylic acids is 2. The van der Waals surface area contributed by atoms with Crippen LogP contribution in [0.2, 0.25) is 0 Å². The molecule has 0 unspecified atom stereocenters. The lowest BCUT2D eigenvalue weighted by atomic mass is 9.91. The number of Topliss-reactive ketones (excluding diaryl/α,β-unsaturated/α-hetero) is 1. The van der Waals surface area contributed by atoms with Crippen LogP contribution >= 0.6 is 0 Å². The maximum absolute atomic E-state index is 13.3. The molecule has 12 heteroatoms. The molecule has 50 heavy (non-hydrogen) atoms. The minimum absolute atomic E-state index is 0.114. The third kappa shape index (κ3) is 9.03. The number of rotatable bonds is 16. The van der Waals surface area contributed by atoms with Crippen LogP contribution in [-0.4, -0.2) is 73.3 Å². The zero-order valence-corrected chi connectivity index (χ0v) is 28.5. The predicted octanol–water partition coefficient (Wildman–Crippen LogP) is 4.22. The monoisotopic (exact) mass is 682 g/mol. The van der Waals surface area contributed by atoms with Crippen LogP contribution in [0.4, 0.5) is 5.69 Å². The number of aryl methyl sites for hydroxylation is 3. The van der Waals surface area contributed by atoms with Crippen LogP contribution in [0, 0.1) is 33.6 Å². The quantitative estimate of drug-likeness (QED) is 0.0925. The van der Waals surface area contributed by atoms with Gasteiger partial charge >= 0.3 is 11.9 Å². The Morgan fingerprint density at radius 1 is 0.740 bits per heavy atom. The van der Waals surface area contributed by atoms with E-state index in [1.165, 1.54) is 0 Å². The maximum Gasteiger partial charge on any atom is 0.323 e. The standard InChI is InChI=1S/C38H42N4O8/c1-21-14-33(40-16-26(21)11-12-27(19-43)37(47)48)36(46)42-31-10-6-9-30(24(31)4)29-8-5-7-25(23(29)3)15-35(45)32-13-22(2)28(17-39-32)18-41-34(20-44)38(49)50/h5-10,13-14,16-17,27,34,41,43-44H,11-12,15,18-20H2,1-4H3,(H,42,46)(H,47,48)(H,49,50)/t27-,34-/m1/s1. The molecule has 0 aliphatic rings. The second-order valence-corrected chi connectivity index (χ2v) is 12.3. The van der Waals surface area contributed by atoms with Crippen molar-refractivity contribution in [1.29, 1.82) is 0 Å². The summed E-state index contributed by atoms with van der Waals surface area (Å²) >= 11 is 0. The van der Waals surface area contributed by atoms with E-state index in [9.17, 15) is 34.5 Å². The third-order valence-corrected chi connectivity index (χ3v) is 8.98. The molecule has 12 nitrogen and oxygen atoms in total. The molecule has 1 amide bonds. The molecule has 2 atom stereocenters. The first-order valence-corrected chi connectivity index (χ1v) is 16.2. The van der Waals surface area contributed by atoms with Gasteiger partial charge in [-0.2, -0.15) is 0 Å². The van der Waals surface area contributed by atoms with E-state index in [0.717, 1.165) is 50.1 Å². The van der Waals surface area contributed by atoms with Gasteiger partial charge in [0.2, 0.25) is 0 Å². The molecule has 0 aliphatic carbocycles. The molecule has 2 aromatic carbocycles. The van der Waals surface area contributed by atoms with Crippen LogP contribution in [0.3, 0.4) is 0 Å². The smallest absolute Gasteiger partial charge is 0.323 e. The minimum Gasteiger partial charge on any atom is -0.481 e. The van der Waals surface area contributed by atoms with Crippen LogP contribution in [0.5, 0.6) is 0 Å². The topological polar surface area (TPSA) is 199 Å². The number of anilines is 1. The highest BCUT2D eigenvalue weighted by Crippen LogP contribution is 2.33. The van der Waals surface area contributed by atoms with Crippen molar-refractivity contribution < 1.29 is 39.6 Å². The van der Waals surface area contributed by atoms with Crippen LogP contribution in [0.15, 0.2) is 60.9 Å². The van der Waals surface area contributed by atoms with Gasteiger partial charge in [-0.1, -0.05) is 30.3 Å².